The topological polar surface area (TPSA) is 73.1 Å². The first-order chi connectivity index (χ1) is 7.00. The second-order valence-corrected chi connectivity index (χ2v) is 4.51. The number of hydrogen-bond acceptors (Lipinski definition) is 3. The highest BCUT2D eigenvalue weighted by Crippen LogP contribution is 2.40. The molecule has 4 nitrogen and oxygen atoms in total. The molecule has 1 aliphatic carbocycles. The first-order valence-corrected chi connectivity index (χ1v) is 5.40. The maximum atomic E-state index is 11.8. The highest BCUT2D eigenvalue weighted by atomic mass is 16.3. The minimum atomic E-state index is -0.785. The van der Waals surface area contributed by atoms with Crippen molar-refractivity contribution in [2.75, 3.05) is 0 Å². The average Bonchev–Trinajstić information content (AvgIpc) is 2.00. The van der Waals surface area contributed by atoms with Gasteiger partial charge < -0.3 is 10.4 Å². The third kappa shape index (κ3) is 2.69. The van der Waals surface area contributed by atoms with E-state index in [9.17, 15) is 4.79 Å². The van der Waals surface area contributed by atoms with Gasteiger partial charge >= 0.3 is 0 Å². The molecule has 2 atom stereocenters. The lowest BCUT2D eigenvalue weighted by Crippen LogP contribution is -2.48. The molecule has 0 spiro atoms. The second kappa shape index (κ2) is 4.63. The fraction of sp³-hybridized carbons (Fsp3) is 0.818. The minimum Gasteiger partial charge on any atom is -0.393 e. The molecule has 2 N–H and O–H groups in total. The Bertz CT molecular complexity index is 277. The predicted octanol–water partition coefficient (Wildman–Crippen LogP) is 0.956. The third-order valence-electron chi connectivity index (χ3n) is 2.93. The van der Waals surface area contributed by atoms with Crippen molar-refractivity contribution < 1.29 is 9.90 Å². The number of aliphatic hydroxyl groups is 1. The summed E-state index contributed by atoms with van der Waals surface area (Å²) < 4.78 is 0. The molecule has 1 amide bonds. The maximum Gasteiger partial charge on any atom is 0.240 e. The Balaban J connectivity index is 2.45. The molecule has 1 saturated carbocycles. The molecule has 15 heavy (non-hydrogen) atoms. The second-order valence-electron chi connectivity index (χ2n) is 4.51. The van der Waals surface area contributed by atoms with Crippen LogP contribution in [0.1, 0.15) is 39.5 Å². The SMILES string of the molecule is CC(O)CC(C)NC(=O)C1(C#N)CCC1. The molecule has 0 bridgehead atoms. The van der Waals surface area contributed by atoms with Gasteiger partial charge in [0.1, 0.15) is 5.41 Å². The van der Waals surface area contributed by atoms with Crippen molar-refractivity contribution in [2.45, 2.75) is 51.7 Å². The Hall–Kier alpha value is -1.08. The molecule has 4 heteroatoms. The Kier molecular flexibility index (Phi) is 3.70. The van der Waals surface area contributed by atoms with E-state index in [0.717, 1.165) is 6.42 Å². The minimum absolute atomic E-state index is 0.0803. The fourth-order valence-electron chi connectivity index (χ4n) is 1.85. The van der Waals surface area contributed by atoms with Crippen LogP contribution in [0, 0.1) is 16.7 Å². The van der Waals surface area contributed by atoms with Crippen molar-refractivity contribution in [3.63, 3.8) is 0 Å². The van der Waals surface area contributed by atoms with Crippen LogP contribution in [0.25, 0.3) is 0 Å². The van der Waals surface area contributed by atoms with E-state index in [1.807, 2.05) is 6.92 Å². The first kappa shape index (κ1) is 12.0. The number of amides is 1. The molecule has 0 aliphatic heterocycles. The number of rotatable bonds is 4. The summed E-state index contributed by atoms with van der Waals surface area (Å²) in [6.07, 6.45) is 2.37. The van der Waals surface area contributed by atoms with Crippen LogP contribution in [-0.2, 0) is 4.79 Å². The molecule has 1 fully saturated rings. The third-order valence-corrected chi connectivity index (χ3v) is 2.93. The monoisotopic (exact) mass is 210 g/mol. The Labute approximate surface area is 90.3 Å². The molecule has 0 aromatic carbocycles. The summed E-state index contributed by atoms with van der Waals surface area (Å²) in [6.45, 7) is 3.53. The van der Waals surface area contributed by atoms with Crippen molar-refractivity contribution in [3.8, 4) is 6.07 Å². The molecule has 0 radical (unpaired) electrons. The maximum absolute atomic E-state index is 11.8. The van der Waals surface area contributed by atoms with Gasteiger partial charge in [0.15, 0.2) is 0 Å². The molecular formula is C11H18N2O2. The van der Waals surface area contributed by atoms with E-state index < -0.39 is 11.5 Å². The molecule has 2 unspecified atom stereocenters. The van der Waals surface area contributed by atoms with Gasteiger partial charge in [0, 0.05) is 6.04 Å². The summed E-state index contributed by atoms with van der Waals surface area (Å²) in [5, 5.41) is 20.9. The summed E-state index contributed by atoms with van der Waals surface area (Å²) in [5.74, 6) is -0.176. The Morgan fingerprint density at radius 2 is 2.20 bits per heavy atom. The zero-order valence-corrected chi connectivity index (χ0v) is 9.29. The highest BCUT2D eigenvalue weighted by molar-refractivity contribution is 5.86. The average molecular weight is 210 g/mol. The summed E-state index contributed by atoms with van der Waals surface area (Å²) >= 11 is 0. The summed E-state index contributed by atoms with van der Waals surface area (Å²) in [4.78, 5) is 11.8. The van der Waals surface area contributed by atoms with Crippen LogP contribution in [0.2, 0.25) is 0 Å². The lowest BCUT2D eigenvalue weighted by molar-refractivity contribution is -0.132. The van der Waals surface area contributed by atoms with E-state index in [2.05, 4.69) is 11.4 Å². The highest BCUT2D eigenvalue weighted by Gasteiger charge is 2.44. The van der Waals surface area contributed by atoms with Gasteiger partial charge in [-0.2, -0.15) is 5.26 Å². The lowest BCUT2D eigenvalue weighted by Gasteiger charge is -2.34. The quantitative estimate of drug-likeness (QED) is 0.725. The molecular weight excluding hydrogens is 192 g/mol. The standard InChI is InChI=1S/C11H18N2O2/c1-8(6-9(2)14)13-10(15)11(7-12)4-3-5-11/h8-9,14H,3-6H2,1-2H3,(H,13,15). The molecule has 0 aromatic rings. The van der Waals surface area contributed by atoms with Gasteiger partial charge in [-0.1, -0.05) is 0 Å². The van der Waals surface area contributed by atoms with Gasteiger partial charge in [-0.3, -0.25) is 4.79 Å². The number of nitrogens with zero attached hydrogens (tertiary/aromatic N) is 1. The van der Waals surface area contributed by atoms with Crippen LogP contribution in [0.3, 0.4) is 0 Å². The van der Waals surface area contributed by atoms with Crippen molar-refractivity contribution >= 4 is 5.91 Å². The van der Waals surface area contributed by atoms with E-state index in [1.54, 1.807) is 6.92 Å². The zero-order valence-electron chi connectivity index (χ0n) is 9.29. The van der Waals surface area contributed by atoms with Gasteiger partial charge in [-0.15, -0.1) is 0 Å². The molecule has 0 aromatic heterocycles. The van der Waals surface area contributed by atoms with E-state index in [0.29, 0.717) is 19.3 Å². The molecule has 1 aliphatic rings. The predicted molar refractivity (Wildman–Crippen MR) is 55.8 cm³/mol. The van der Waals surface area contributed by atoms with Crippen LogP contribution in [0.15, 0.2) is 0 Å². The van der Waals surface area contributed by atoms with Crippen molar-refractivity contribution in [1.82, 2.24) is 5.32 Å². The molecule has 84 valence electrons. The van der Waals surface area contributed by atoms with E-state index in [1.165, 1.54) is 0 Å². The number of carbonyl (C=O) groups is 1. The summed E-state index contributed by atoms with van der Waals surface area (Å²) in [6, 6.07) is 2.02. The molecule has 1 rings (SSSR count). The number of nitriles is 1. The largest absolute Gasteiger partial charge is 0.393 e. The Morgan fingerprint density at radius 1 is 1.60 bits per heavy atom. The Morgan fingerprint density at radius 3 is 2.53 bits per heavy atom. The van der Waals surface area contributed by atoms with Crippen molar-refractivity contribution in [3.05, 3.63) is 0 Å². The van der Waals surface area contributed by atoms with E-state index in [-0.39, 0.29) is 11.9 Å². The lowest BCUT2D eigenvalue weighted by atomic mass is 9.69. The smallest absolute Gasteiger partial charge is 0.240 e. The van der Waals surface area contributed by atoms with Gasteiger partial charge in [-0.05, 0) is 39.5 Å². The van der Waals surface area contributed by atoms with Gasteiger partial charge in [0.25, 0.3) is 0 Å². The van der Waals surface area contributed by atoms with Crippen LogP contribution >= 0.6 is 0 Å². The summed E-state index contributed by atoms with van der Waals surface area (Å²) in [5.41, 5.74) is -0.785. The van der Waals surface area contributed by atoms with Crippen molar-refractivity contribution in [1.29, 1.82) is 5.26 Å². The van der Waals surface area contributed by atoms with E-state index in [4.69, 9.17) is 10.4 Å². The number of aliphatic hydroxyl groups excluding tert-OH is 1. The van der Waals surface area contributed by atoms with Crippen LogP contribution in [-0.4, -0.2) is 23.2 Å². The normalized spacial score (nSPS) is 22.0. The summed E-state index contributed by atoms with van der Waals surface area (Å²) in [7, 11) is 0. The number of hydrogen-bond donors (Lipinski definition) is 2. The van der Waals surface area contributed by atoms with Gasteiger partial charge in [-0.25, -0.2) is 0 Å². The first-order valence-electron chi connectivity index (χ1n) is 5.40. The number of nitrogens with one attached hydrogen (secondary N) is 1. The van der Waals surface area contributed by atoms with Gasteiger partial charge in [0.05, 0.1) is 12.2 Å². The molecule has 0 heterocycles. The zero-order chi connectivity index (χ0) is 11.5. The van der Waals surface area contributed by atoms with Crippen LogP contribution < -0.4 is 5.32 Å². The van der Waals surface area contributed by atoms with E-state index >= 15 is 0 Å². The molecule has 0 saturated heterocycles. The van der Waals surface area contributed by atoms with Crippen LogP contribution in [0.4, 0.5) is 0 Å². The van der Waals surface area contributed by atoms with Crippen molar-refractivity contribution in [2.24, 2.45) is 5.41 Å². The fourth-order valence-corrected chi connectivity index (χ4v) is 1.85. The van der Waals surface area contributed by atoms with Crippen LogP contribution in [0.5, 0.6) is 0 Å². The number of carbonyl (C=O) groups excluding carboxylic acids is 1. The van der Waals surface area contributed by atoms with Gasteiger partial charge in [0.2, 0.25) is 5.91 Å².